The molecule has 1 fully saturated rings. The molecule has 1 aromatic rings. The molecule has 4 atom stereocenters. The maximum Gasteiger partial charge on any atom is 0.368 e. The second-order valence-corrected chi connectivity index (χ2v) is 11.4. The van der Waals surface area contributed by atoms with Gasteiger partial charge >= 0.3 is 25.2 Å². The highest BCUT2D eigenvalue weighted by atomic mass is 31.2. The molecule has 0 bridgehead atoms. The first-order valence-electron chi connectivity index (χ1n) is 13.1. The number of ether oxygens (including phenoxy) is 7. The van der Waals surface area contributed by atoms with E-state index in [9.17, 15) is 33.6 Å². The number of aliphatic hydroxyl groups excluding tert-OH is 1. The number of amides is 1. The van der Waals surface area contributed by atoms with E-state index in [4.69, 9.17) is 42.2 Å². The highest BCUT2D eigenvalue weighted by molar-refractivity contribution is 7.57. The van der Waals surface area contributed by atoms with Gasteiger partial charge in [0.1, 0.15) is 12.1 Å². The van der Waals surface area contributed by atoms with Crippen LogP contribution >= 0.6 is 7.60 Å². The van der Waals surface area contributed by atoms with Gasteiger partial charge in [-0.1, -0.05) is 6.08 Å². The van der Waals surface area contributed by atoms with Crippen LogP contribution in [0.25, 0.3) is 0 Å². The molecule has 1 aliphatic rings. The number of hydrogen-bond donors (Lipinski definition) is 3. The van der Waals surface area contributed by atoms with E-state index >= 15 is 0 Å². The number of hydrogen-bond acceptors (Lipinski definition) is 16. The third kappa shape index (κ3) is 9.86. The molecule has 254 valence electrons. The molecule has 0 saturated carbocycles. The van der Waals surface area contributed by atoms with Gasteiger partial charge in [-0.15, -0.1) is 0 Å². The fraction of sp³-hybridized carbons (Fsp3) is 0.640. The summed E-state index contributed by atoms with van der Waals surface area (Å²) in [5, 5.41) is 13.4. The first-order valence-corrected chi connectivity index (χ1v) is 14.7. The molecule has 19 nitrogen and oxygen atoms in total. The summed E-state index contributed by atoms with van der Waals surface area (Å²) >= 11 is 0. The Morgan fingerprint density at radius 2 is 1.53 bits per heavy atom. The Kier molecular flexibility index (Phi) is 13.8. The number of aliphatic hydroxyl groups is 1. The second-order valence-electron chi connectivity index (χ2n) is 9.53. The molecule has 0 aliphatic carbocycles. The molecule has 0 unspecified atom stereocenters. The van der Waals surface area contributed by atoms with Crippen LogP contribution in [0.15, 0.2) is 33.7 Å². The van der Waals surface area contributed by atoms with Crippen molar-refractivity contribution in [2.24, 2.45) is 0 Å². The van der Waals surface area contributed by atoms with Crippen molar-refractivity contribution in [1.29, 1.82) is 0 Å². The lowest BCUT2D eigenvalue weighted by Crippen LogP contribution is -2.47. The van der Waals surface area contributed by atoms with Gasteiger partial charge < -0.3 is 43.6 Å². The summed E-state index contributed by atoms with van der Waals surface area (Å²) in [6.45, 7) is 1.89. The third-order valence-electron chi connectivity index (χ3n) is 6.67. The van der Waals surface area contributed by atoms with E-state index in [-0.39, 0.29) is 6.42 Å². The van der Waals surface area contributed by atoms with E-state index in [1.807, 2.05) is 0 Å². The van der Waals surface area contributed by atoms with Crippen LogP contribution in [0.1, 0.15) is 33.4 Å². The van der Waals surface area contributed by atoms with E-state index in [1.165, 1.54) is 55.3 Å². The molecular weight excluding hydrogens is 629 g/mol. The van der Waals surface area contributed by atoms with Crippen LogP contribution in [0.3, 0.4) is 0 Å². The zero-order valence-corrected chi connectivity index (χ0v) is 26.6. The predicted molar refractivity (Wildman–Crippen MR) is 149 cm³/mol. The zero-order chi connectivity index (χ0) is 34.0. The highest BCUT2D eigenvalue weighted by Gasteiger charge is 2.45. The summed E-state index contributed by atoms with van der Waals surface area (Å²) < 4.78 is 60.3. The lowest BCUT2D eigenvalue weighted by molar-refractivity contribution is -0.228. The average Bonchev–Trinajstić information content (AvgIpc) is 3.29. The zero-order valence-electron chi connectivity index (χ0n) is 25.7. The number of esters is 2. The number of aromatic amines is 1. The molecule has 0 radical (unpaired) electrons. The topological polar surface area (TPSA) is 238 Å². The van der Waals surface area contributed by atoms with Gasteiger partial charge in [-0.3, -0.25) is 32.8 Å². The van der Waals surface area contributed by atoms with Crippen LogP contribution < -0.4 is 16.6 Å². The van der Waals surface area contributed by atoms with E-state index in [2.05, 4.69) is 10.3 Å². The van der Waals surface area contributed by atoms with Crippen LogP contribution in [-0.2, 0) is 61.2 Å². The van der Waals surface area contributed by atoms with E-state index in [0.717, 1.165) is 22.6 Å². The number of methoxy groups -OCH3 is 4. The third-order valence-corrected chi connectivity index (χ3v) is 8.17. The van der Waals surface area contributed by atoms with Crippen LogP contribution in [0, 0.1) is 0 Å². The molecule has 2 heterocycles. The number of rotatable bonds is 17. The smallest absolute Gasteiger partial charge is 0.368 e. The number of aromatic nitrogens is 2. The first kappa shape index (κ1) is 37.9. The van der Waals surface area contributed by atoms with Crippen molar-refractivity contribution in [1.82, 2.24) is 14.9 Å². The molecule has 3 N–H and O–H groups in total. The Morgan fingerprint density at radius 1 is 1.02 bits per heavy atom. The van der Waals surface area contributed by atoms with Crippen LogP contribution in [0.4, 0.5) is 0 Å². The largest absolute Gasteiger partial charge is 0.434 e. The van der Waals surface area contributed by atoms with Crippen molar-refractivity contribution in [2.45, 2.75) is 63.2 Å². The monoisotopic (exact) mass is 667 g/mol. The van der Waals surface area contributed by atoms with Gasteiger partial charge in [0, 0.05) is 67.3 Å². The summed E-state index contributed by atoms with van der Waals surface area (Å²) in [7, 11) is 0.401. The maximum absolute atomic E-state index is 13.5. The molecular formula is C25H38N3O16P. The van der Waals surface area contributed by atoms with Crippen molar-refractivity contribution >= 4 is 25.4 Å². The Labute approximate surface area is 257 Å². The lowest BCUT2D eigenvalue weighted by Gasteiger charge is -2.25. The summed E-state index contributed by atoms with van der Waals surface area (Å²) in [5.41, 5.74) is -1.52. The normalized spacial score (nSPS) is 20.7. The quantitative estimate of drug-likeness (QED) is 0.107. The van der Waals surface area contributed by atoms with Gasteiger partial charge in [-0.25, -0.2) is 14.4 Å². The average molecular weight is 668 g/mol. The number of H-pyrrole nitrogens is 1. The minimum atomic E-state index is -4.37. The minimum absolute atomic E-state index is 0.182. The van der Waals surface area contributed by atoms with Crippen LogP contribution in [0.5, 0.6) is 0 Å². The standard InChI is InChI=1S/C25H38N3O16P/c1-15(29)26-18-19(31)16(44-20(18)28-11-10-17(30)27-23(28)34)9-8-12-45(35,42-13-40-21(32)24(2,36-4)37-5)43-14-41-22(33)25(3,38-6)39-7/h8,10-12,16,18-20,31H,9,13-14H2,1-7H3,(H,26,29)(H,27,30,34)/b12-8-/t16-,18-,19-,20-/m1/s1. The van der Waals surface area contributed by atoms with Crippen molar-refractivity contribution in [3.63, 3.8) is 0 Å². The summed E-state index contributed by atoms with van der Waals surface area (Å²) in [5.74, 6) is -5.26. The maximum atomic E-state index is 13.5. The van der Waals surface area contributed by atoms with E-state index < -0.39 is 86.3 Å². The molecule has 0 spiro atoms. The molecule has 45 heavy (non-hydrogen) atoms. The Balaban J connectivity index is 2.23. The van der Waals surface area contributed by atoms with Gasteiger partial charge in [-0.2, -0.15) is 0 Å². The van der Waals surface area contributed by atoms with E-state index in [1.54, 1.807) is 0 Å². The molecule has 1 aromatic heterocycles. The van der Waals surface area contributed by atoms with Crippen molar-refractivity contribution in [3.05, 3.63) is 45.0 Å². The number of nitrogens with one attached hydrogen (secondary N) is 2. The molecule has 0 aromatic carbocycles. The summed E-state index contributed by atoms with van der Waals surface area (Å²) in [6.07, 6.45) is -1.51. The molecule has 1 saturated heterocycles. The van der Waals surface area contributed by atoms with Gasteiger partial charge in [-0.05, 0) is 6.42 Å². The Morgan fingerprint density at radius 3 is 1.98 bits per heavy atom. The number of carbonyl (C=O) groups is 3. The van der Waals surface area contributed by atoms with Gasteiger partial charge in [0.15, 0.2) is 6.23 Å². The number of carbonyl (C=O) groups excluding carboxylic acids is 3. The SMILES string of the molecule is COC(C)(OC)C(=O)OCOP(=O)(/C=C\C[C@H]1O[C@@H](n2ccc(=O)[nH]c2=O)[C@H](NC(C)=O)[C@@H]1O)OCOC(=O)C(C)(OC)OC. The summed E-state index contributed by atoms with van der Waals surface area (Å²) in [4.78, 5) is 62.3. The number of nitrogens with zero attached hydrogens (tertiary/aromatic N) is 1. The van der Waals surface area contributed by atoms with Gasteiger partial charge in [0.25, 0.3) is 17.1 Å². The fourth-order valence-electron chi connectivity index (χ4n) is 3.71. The second kappa shape index (κ2) is 16.3. The van der Waals surface area contributed by atoms with Crippen molar-refractivity contribution in [2.75, 3.05) is 42.0 Å². The molecule has 1 aliphatic heterocycles. The fourth-order valence-corrected chi connectivity index (χ4v) is 4.74. The molecule has 1 amide bonds. The highest BCUT2D eigenvalue weighted by Crippen LogP contribution is 2.50. The summed E-state index contributed by atoms with van der Waals surface area (Å²) in [6, 6.07) is -0.0573. The van der Waals surface area contributed by atoms with Crippen LogP contribution in [0.2, 0.25) is 0 Å². The molecule has 2 rings (SSSR count). The minimum Gasteiger partial charge on any atom is -0.434 e. The van der Waals surface area contributed by atoms with Crippen molar-refractivity contribution < 1.29 is 66.3 Å². The van der Waals surface area contributed by atoms with Crippen molar-refractivity contribution in [3.8, 4) is 0 Å². The molecule has 20 heteroatoms. The van der Waals surface area contributed by atoms with Crippen LogP contribution in [-0.4, -0.2) is 104 Å². The lowest BCUT2D eigenvalue weighted by atomic mass is 10.1. The Hall–Kier alpha value is -3.26. The first-order chi connectivity index (χ1) is 21.1. The van der Waals surface area contributed by atoms with Gasteiger partial charge in [0.05, 0.1) is 6.10 Å². The Bertz CT molecular complexity index is 1330. The predicted octanol–water partition coefficient (Wildman–Crippen LogP) is -0.551. The van der Waals surface area contributed by atoms with E-state index in [0.29, 0.717) is 0 Å². The van der Waals surface area contributed by atoms with Gasteiger partial charge in [0.2, 0.25) is 19.5 Å².